The van der Waals surface area contributed by atoms with E-state index in [0.29, 0.717) is 12.1 Å². The number of rotatable bonds is 6. The van der Waals surface area contributed by atoms with Crippen molar-refractivity contribution in [1.29, 1.82) is 0 Å². The Morgan fingerprint density at radius 1 is 1.37 bits per heavy atom. The maximum absolute atomic E-state index is 11.9. The average Bonchev–Trinajstić information content (AvgIpc) is 2.38. The molecule has 0 spiro atoms. The Kier molecular flexibility index (Phi) is 5.33. The number of aromatic hydroxyl groups is 1. The number of benzene rings is 1. The molecule has 19 heavy (non-hydrogen) atoms. The van der Waals surface area contributed by atoms with Crippen molar-refractivity contribution >= 4 is 18.1 Å². The molecule has 0 radical (unpaired) electrons. The van der Waals surface area contributed by atoms with E-state index in [2.05, 4.69) is 13.2 Å². The van der Waals surface area contributed by atoms with Crippen LogP contribution in [0.2, 0.25) is 0 Å². The van der Waals surface area contributed by atoms with Gasteiger partial charge in [0.2, 0.25) is 0 Å². The fourth-order valence-electron chi connectivity index (χ4n) is 1.51. The highest BCUT2D eigenvalue weighted by molar-refractivity contribution is 5.94. The highest BCUT2D eigenvalue weighted by Gasteiger charge is 2.16. The Hall–Kier alpha value is -2.07. The summed E-state index contributed by atoms with van der Waals surface area (Å²) >= 11 is 0. The van der Waals surface area contributed by atoms with Crippen LogP contribution in [0.5, 0.6) is 5.75 Å². The molecule has 0 saturated heterocycles. The predicted octanol–water partition coefficient (Wildman–Crippen LogP) is 2.40. The molecule has 0 unspecified atom stereocenters. The molecule has 102 valence electrons. The predicted molar refractivity (Wildman–Crippen MR) is 77.1 cm³/mol. The maximum atomic E-state index is 11.9. The van der Waals surface area contributed by atoms with Crippen LogP contribution in [0, 0.1) is 0 Å². The molecule has 0 atom stereocenters. The van der Waals surface area contributed by atoms with Gasteiger partial charge in [-0.15, -0.1) is 0 Å². The lowest BCUT2D eigenvalue weighted by Crippen LogP contribution is -2.20. The summed E-state index contributed by atoms with van der Waals surface area (Å²) in [7, 11) is 3.78. The highest BCUT2D eigenvalue weighted by atomic mass is 16.5. The van der Waals surface area contributed by atoms with Crippen LogP contribution in [0.4, 0.5) is 0 Å². The molecule has 0 aliphatic heterocycles. The van der Waals surface area contributed by atoms with Crippen LogP contribution in [-0.2, 0) is 4.74 Å². The second kappa shape index (κ2) is 6.75. The zero-order valence-corrected chi connectivity index (χ0v) is 11.3. The Balaban J connectivity index is 2.95. The second-order valence-electron chi connectivity index (χ2n) is 4.35. The molecule has 0 heterocycles. The number of carbonyl (C=O) groups is 1. The molecule has 0 bridgehead atoms. The fourth-order valence-corrected chi connectivity index (χ4v) is 1.51. The van der Waals surface area contributed by atoms with Crippen LogP contribution in [-0.4, -0.2) is 43.2 Å². The number of phenolic OH excluding ortho intramolecular Hbond substituents is 1. The summed E-state index contributed by atoms with van der Waals surface area (Å²) in [5.41, 5.74) is 1.34. The summed E-state index contributed by atoms with van der Waals surface area (Å²) in [4.78, 5) is 13.8. The molecule has 0 aromatic heterocycles. The molecule has 0 saturated carbocycles. The third-order valence-electron chi connectivity index (χ3n) is 2.61. The van der Waals surface area contributed by atoms with Crippen molar-refractivity contribution in [1.82, 2.24) is 4.90 Å². The number of nitrogens with zero attached hydrogens (tertiary/aromatic N) is 1. The molecule has 1 rings (SSSR count). The van der Waals surface area contributed by atoms with E-state index in [9.17, 15) is 9.90 Å². The first-order valence-electron chi connectivity index (χ1n) is 5.93. The van der Waals surface area contributed by atoms with Crippen LogP contribution in [0.3, 0.4) is 0 Å². The van der Waals surface area contributed by atoms with Gasteiger partial charge in [-0.2, -0.15) is 0 Å². The number of likely N-dealkylation sites (N-methyl/N-ethyl adjacent to an activating group) is 1. The first kappa shape index (κ1) is 15.0. The third-order valence-corrected chi connectivity index (χ3v) is 2.61. The first-order valence-corrected chi connectivity index (χ1v) is 5.93. The molecule has 1 N–H and O–H groups in total. The smallest absolute Gasteiger partial charge is 0.342 e. The number of hydrogen-bond donors (Lipinski definition) is 1. The molecule has 4 heteroatoms. The quantitative estimate of drug-likeness (QED) is 0.799. The Labute approximate surface area is 113 Å². The van der Waals surface area contributed by atoms with Crippen molar-refractivity contribution in [2.45, 2.75) is 0 Å². The van der Waals surface area contributed by atoms with E-state index < -0.39 is 5.97 Å². The molecular formula is C15H19NO3. The van der Waals surface area contributed by atoms with Crippen LogP contribution in [0.1, 0.15) is 21.5 Å². The van der Waals surface area contributed by atoms with Gasteiger partial charge in [-0.3, -0.25) is 0 Å². The minimum absolute atomic E-state index is 0.115. The Bertz CT molecular complexity index is 492. The molecule has 0 fully saturated rings. The molecule has 1 aromatic carbocycles. The number of esters is 1. The van der Waals surface area contributed by atoms with Crippen molar-refractivity contribution in [3.05, 3.63) is 42.0 Å². The van der Waals surface area contributed by atoms with Gasteiger partial charge in [0, 0.05) is 12.1 Å². The van der Waals surface area contributed by atoms with Gasteiger partial charge in [-0.05, 0) is 31.8 Å². The highest BCUT2D eigenvalue weighted by Crippen LogP contribution is 2.26. The second-order valence-corrected chi connectivity index (χ2v) is 4.35. The number of phenols is 1. The summed E-state index contributed by atoms with van der Waals surface area (Å²) in [6.07, 6.45) is 3.09. The van der Waals surface area contributed by atoms with E-state index in [1.807, 2.05) is 19.0 Å². The molecule has 0 aliphatic carbocycles. The van der Waals surface area contributed by atoms with Gasteiger partial charge in [-0.25, -0.2) is 4.79 Å². The Morgan fingerprint density at radius 3 is 2.58 bits per heavy atom. The van der Waals surface area contributed by atoms with E-state index in [0.717, 1.165) is 5.56 Å². The van der Waals surface area contributed by atoms with E-state index in [4.69, 9.17) is 4.74 Å². The molecular weight excluding hydrogens is 242 g/mol. The monoisotopic (exact) mass is 261 g/mol. The lowest BCUT2D eigenvalue weighted by molar-refractivity contribution is 0.0478. The van der Waals surface area contributed by atoms with E-state index >= 15 is 0 Å². The van der Waals surface area contributed by atoms with Crippen molar-refractivity contribution < 1.29 is 14.6 Å². The van der Waals surface area contributed by atoms with E-state index in [-0.39, 0.29) is 17.9 Å². The molecule has 1 aromatic rings. The number of carbonyl (C=O) groups excluding carboxylic acids is 1. The SMILES string of the molecule is C=Cc1cc(C=C)c(O)c(C(=O)OCCN(C)C)c1. The normalized spacial score (nSPS) is 10.3. The van der Waals surface area contributed by atoms with Gasteiger partial charge in [0.1, 0.15) is 17.9 Å². The van der Waals surface area contributed by atoms with Crippen LogP contribution in [0.15, 0.2) is 25.3 Å². The van der Waals surface area contributed by atoms with Crippen LogP contribution >= 0.6 is 0 Å². The zero-order valence-electron chi connectivity index (χ0n) is 11.3. The van der Waals surface area contributed by atoms with Gasteiger partial charge < -0.3 is 14.7 Å². The van der Waals surface area contributed by atoms with Gasteiger partial charge in [0.15, 0.2) is 0 Å². The topological polar surface area (TPSA) is 49.8 Å². The van der Waals surface area contributed by atoms with Gasteiger partial charge in [-0.1, -0.05) is 25.3 Å². The van der Waals surface area contributed by atoms with Crippen LogP contribution in [0.25, 0.3) is 12.2 Å². The van der Waals surface area contributed by atoms with Crippen molar-refractivity contribution in [2.75, 3.05) is 27.2 Å². The minimum Gasteiger partial charge on any atom is -0.506 e. The fraction of sp³-hybridized carbons (Fsp3) is 0.267. The van der Waals surface area contributed by atoms with Crippen molar-refractivity contribution in [2.24, 2.45) is 0 Å². The minimum atomic E-state index is -0.550. The van der Waals surface area contributed by atoms with Crippen LogP contribution < -0.4 is 0 Å². The molecule has 4 nitrogen and oxygen atoms in total. The lowest BCUT2D eigenvalue weighted by Gasteiger charge is -2.12. The summed E-state index contributed by atoms with van der Waals surface area (Å²) in [6, 6.07) is 3.25. The van der Waals surface area contributed by atoms with E-state index in [1.165, 1.54) is 6.08 Å². The van der Waals surface area contributed by atoms with Gasteiger partial charge in [0.25, 0.3) is 0 Å². The lowest BCUT2D eigenvalue weighted by atomic mass is 10.0. The van der Waals surface area contributed by atoms with Crippen molar-refractivity contribution in [3.63, 3.8) is 0 Å². The zero-order chi connectivity index (χ0) is 14.4. The summed E-state index contributed by atoms with van der Waals surface area (Å²) in [6.45, 7) is 8.14. The molecule has 0 aliphatic rings. The Morgan fingerprint density at radius 2 is 2.05 bits per heavy atom. The third kappa shape index (κ3) is 3.96. The standard InChI is InChI=1S/C15H19NO3/c1-5-11-9-12(6-2)14(17)13(10-11)15(18)19-8-7-16(3)4/h5-6,9-10,17H,1-2,7-8H2,3-4H3. The van der Waals surface area contributed by atoms with Gasteiger partial charge >= 0.3 is 5.97 Å². The molecule has 0 amide bonds. The average molecular weight is 261 g/mol. The summed E-state index contributed by atoms with van der Waals surface area (Å²) < 4.78 is 5.11. The number of ether oxygens (including phenoxy) is 1. The summed E-state index contributed by atoms with van der Waals surface area (Å²) in [5, 5.41) is 9.97. The summed E-state index contributed by atoms with van der Waals surface area (Å²) in [5.74, 6) is -0.665. The largest absolute Gasteiger partial charge is 0.506 e. The number of hydrogen-bond acceptors (Lipinski definition) is 4. The van der Waals surface area contributed by atoms with Crippen molar-refractivity contribution in [3.8, 4) is 5.75 Å². The maximum Gasteiger partial charge on any atom is 0.342 e. The first-order chi connectivity index (χ1) is 8.99. The van der Waals surface area contributed by atoms with Gasteiger partial charge in [0.05, 0.1) is 0 Å². The van der Waals surface area contributed by atoms with E-state index in [1.54, 1.807) is 18.2 Å².